The Balaban J connectivity index is 1.71. The summed E-state index contributed by atoms with van der Waals surface area (Å²) < 4.78 is 20.3. The van der Waals surface area contributed by atoms with Crippen molar-refractivity contribution in [3.8, 4) is 0 Å². The number of ether oxygens (including phenoxy) is 3. The zero-order valence-corrected chi connectivity index (χ0v) is 21.6. The van der Waals surface area contributed by atoms with Gasteiger partial charge in [0, 0.05) is 32.0 Å². The molecule has 2 aliphatic heterocycles. The highest BCUT2D eigenvalue weighted by Crippen LogP contribution is 2.49. The number of aliphatic hydroxyl groups excluding tert-OH is 1. The van der Waals surface area contributed by atoms with E-state index in [0.717, 1.165) is 6.42 Å². The van der Waals surface area contributed by atoms with Crippen molar-refractivity contribution in [1.29, 1.82) is 0 Å². The van der Waals surface area contributed by atoms with Crippen molar-refractivity contribution in [3.63, 3.8) is 0 Å². The molecule has 0 spiro atoms. The van der Waals surface area contributed by atoms with Crippen molar-refractivity contribution in [3.05, 3.63) is 59.7 Å². The SMILES string of the molecule is COC12C=CC(C)(O1)C(OC(=O)C=Cc1cn(C)cn1)CC1C(C)=CCC(C(C)C)C1C=C2CO. The second kappa shape index (κ2) is 9.88. The fourth-order valence-corrected chi connectivity index (χ4v) is 5.78. The summed E-state index contributed by atoms with van der Waals surface area (Å²) in [6.07, 6.45) is 15.8. The molecule has 4 rings (SSSR count). The minimum atomic E-state index is -1.19. The maximum Gasteiger partial charge on any atom is 0.331 e. The van der Waals surface area contributed by atoms with Gasteiger partial charge in [0.05, 0.1) is 18.6 Å². The lowest BCUT2D eigenvalue weighted by Crippen LogP contribution is -2.47. The molecule has 1 aromatic heterocycles. The molecule has 6 atom stereocenters. The van der Waals surface area contributed by atoms with Gasteiger partial charge in [0.1, 0.15) is 11.7 Å². The number of aryl methyl sites for hydroxylation is 1. The Morgan fingerprint density at radius 1 is 1.40 bits per heavy atom. The first-order chi connectivity index (χ1) is 16.6. The maximum absolute atomic E-state index is 13.0. The summed E-state index contributed by atoms with van der Waals surface area (Å²) >= 11 is 0. The first-order valence-electron chi connectivity index (χ1n) is 12.4. The quantitative estimate of drug-likeness (QED) is 0.372. The van der Waals surface area contributed by atoms with Gasteiger partial charge in [-0.2, -0.15) is 0 Å². The number of methoxy groups -OCH3 is 1. The smallest absolute Gasteiger partial charge is 0.331 e. The van der Waals surface area contributed by atoms with Crippen LogP contribution in [0.4, 0.5) is 0 Å². The number of hydrogen-bond acceptors (Lipinski definition) is 6. The molecule has 1 N–H and O–H groups in total. The third-order valence-corrected chi connectivity index (χ3v) is 7.91. The topological polar surface area (TPSA) is 82.8 Å². The van der Waals surface area contributed by atoms with Gasteiger partial charge in [0.2, 0.25) is 5.79 Å². The number of hydrogen-bond donors (Lipinski definition) is 1. The number of aliphatic hydroxyl groups is 1. The molecule has 3 aliphatic rings. The van der Waals surface area contributed by atoms with Gasteiger partial charge in [-0.05, 0) is 68.6 Å². The Hall–Kier alpha value is -2.48. The van der Waals surface area contributed by atoms with Crippen LogP contribution < -0.4 is 0 Å². The third-order valence-electron chi connectivity index (χ3n) is 7.91. The second-order valence-corrected chi connectivity index (χ2v) is 10.6. The molecule has 3 heterocycles. The highest BCUT2D eigenvalue weighted by molar-refractivity contribution is 5.86. The van der Waals surface area contributed by atoms with E-state index in [0.29, 0.717) is 29.5 Å². The van der Waals surface area contributed by atoms with Crippen molar-refractivity contribution in [2.75, 3.05) is 13.7 Å². The number of esters is 1. The molecule has 1 aliphatic carbocycles. The Bertz CT molecular complexity index is 1070. The second-order valence-electron chi connectivity index (χ2n) is 10.6. The first-order valence-corrected chi connectivity index (χ1v) is 12.4. The van der Waals surface area contributed by atoms with E-state index >= 15 is 0 Å². The van der Waals surface area contributed by atoms with E-state index in [2.05, 4.69) is 37.9 Å². The molecule has 0 amide bonds. The summed E-state index contributed by atoms with van der Waals surface area (Å²) in [7, 11) is 3.46. The summed E-state index contributed by atoms with van der Waals surface area (Å²) in [6.45, 7) is 8.38. The lowest BCUT2D eigenvalue weighted by molar-refractivity contribution is -0.227. The number of aromatic nitrogens is 2. The zero-order chi connectivity index (χ0) is 25.4. The van der Waals surface area contributed by atoms with Crippen molar-refractivity contribution in [2.24, 2.45) is 30.7 Å². The van der Waals surface area contributed by atoms with Gasteiger partial charge in [0.25, 0.3) is 0 Å². The minimum Gasteiger partial charge on any atom is -0.456 e. The molecule has 6 unspecified atom stereocenters. The molecular formula is C28H38N2O5. The van der Waals surface area contributed by atoms with Gasteiger partial charge in [-0.15, -0.1) is 0 Å². The summed E-state index contributed by atoms with van der Waals surface area (Å²) in [4.78, 5) is 17.2. The fraction of sp³-hybridized carbons (Fsp3) is 0.571. The minimum absolute atomic E-state index is 0.150. The standard InChI is InChI=1S/C28H38N2O5/c1-18(2)22-9-7-19(3)23-14-25(34-26(32)10-8-21-15-30(5)17-29-21)27(4)11-12-28(33-6,35-27)20(16-31)13-24(22)23/h7-8,10-13,15,17-18,22-25,31H,9,14,16H2,1-6H3. The highest BCUT2D eigenvalue weighted by Gasteiger charge is 2.53. The molecule has 190 valence electrons. The average Bonchev–Trinajstić information content (AvgIpc) is 3.41. The number of nitrogens with zero attached hydrogens (tertiary/aromatic N) is 2. The van der Waals surface area contributed by atoms with Gasteiger partial charge in [0.15, 0.2) is 0 Å². The molecule has 0 fully saturated rings. The zero-order valence-electron chi connectivity index (χ0n) is 21.6. The molecule has 7 nitrogen and oxygen atoms in total. The molecule has 35 heavy (non-hydrogen) atoms. The molecule has 0 saturated carbocycles. The number of allylic oxidation sites excluding steroid dienone is 3. The molecule has 0 saturated heterocycles. The number of rotatable bonds is 6. The summed E-state index contributed by atoms with van der Waals surface area (Å²) in [6, 6.07) is 0. The molecule has 7 heteroatoms. The van der Waals surface area contributed by atoms with Gasteiger partial charge in [-0.3, -0.25) is 0 Å². The molecular weight excluding hydrogens is 444 g/mol. The maximum atomic E-state index is 13.0. The number of carbonyl (C=O) groups excluding carboxylic acids is 1. The van der Waals surface area contributed by atoms with Crippen LogP contribution in [-0.4, -0.2) is 51.8 Å². The summed E-state index contributed by atoms with van der Waals surface area (Å²) in [5.74, 6) is -0.472. The van der Waals surface area contributed by atoms with Gasteiger partial charge in [-0.1, -0.05) is 31.6 Å². The third kappa shape index (κ3) is 4.95. The molecule has 0 radical (unpaired) electrons. The van der Waals surface area contributed by atoms with Crippen LogP contribution in [0.3, 0.4) is 0 Å². The molecule has 0 aromatic carbocycles. The van der Waals surface area contributed by atoms with Gasteiger partial charge >= 0.3 is 5.97 Å². The Kier molecular flexibility index (Phi) is 7.23. The van der Waals surface area contributed by atoms with E-state index in [1.807, 2.05) is 36.9 Å². The van der Waals surface area contributed by atoms with E-state index < -0.39 is 23.5 Å². The summed E-state index contributed by atoms with van der Waals surface area (Å²) in [5.41, 5.74) is 1.74. The summed E-state index contributed by atoms with van der Waals surface area (Å²) in [5, 5.41) is 10.4. The van der Waals surface area contributed by atoms with E-state index in [4.69, 9.17) is 14.2 Å². The lowest BCUT2D eigenvalue weighted by Gasteiger charge is -2.41. The molecule has 1 aromatic rings. The highest BCUT2D eigenvalue weighted by atomic mass is 16.7. The van der Waals surface area contributed by atoms with Crippen molar-refractivity contribution < 1.29 is 24.1 Å². The van der Waals surface area contributed by atoms with Gasteiger partial charge < -0.3 is 23.9 Å². The van der Waals surface area contributed by atoms with E-state index in [9.17, 15) is 9.90 Å². The lowest BCUT2D eigenvalue weighted by atomic mass is 9.65. The van der Waals surface area contributed by atoms with Crippen LogP contribution >= 0.6 is 0 Å². The normalized spacial score (nSPS) is 34.7. The van der Waals surface area contributed by atoms with Crippen LogP contribution in [0.25, 0.3) is 6.08 Å². The van der Waals surface area contributed by atoms with Crippen molar-refractivity contribution in [1.82, 2.24) is 9.55 Å². The number of carbonyl (C=O) groups is 1. The van der Waals surface area contributed by atoms with E-state index in [-0.39, 0.29) is 18.4 Å². The van der Waals surface area contributed by atoms with E-state index in [1.54, 1.807) is 19.5 Å². The van der Waals surface area contributed by atoms with Crippen LogP contribution in [0.5, 0.6) is 0 Å². The number of fused-ring (bicyclic) bond motifs is 3. The monoisotopic (exact) mass is 482 g/mol. The van der Waals surface area contributed by atoms with Crippen molar-refractivity contribution >= 4 is 12.0 Å². The van der Waals surface area contributed by atoms with Crippen LogP contribution in [0, 0.1) is 23.7 Å². The fourth-order valence-electron chi connectivity index (χ4n) is 5.78. The average molecular weight is 483 g/mol. The first kappa shape index (κ1) is 25.6. The van der Waals surface area contributed by atoms with Crippen LogP contribution in [-0.2, 0) is 26.1 Å². The van der Waals surface area contributed by atoms with Crippen molar-refractivity contribution in [2.45, 2.75) is 58.0 Å². The predicted octanol–water partition coefficient (Wildman–Crippen LogP) is 4.21. The number of imidazole rings is 1. The van der Waals surface area contributed by atoms with Crippen LogP contribution in [0.1, 0.15) is 46.2 Å². The largest absolute Gasteiger partial charge is 0.456 e. The Morgan fingerprint density at radius 3 is 2.80 bits per heavy atom. The molecule has 2 bridgehead atoms. The van der Waals surface area contributed by atoms with Crippen LogP contribution in [0.15, 0.2) is 54.1 Å². The predicted molar refractivity (Wildman–Crippen MR) is 134 cm³/mol. The van der Waals surface area contributed by atoms with Crippen LogP contribution in [0.2, 0.25) is 0 Å². The van der Waals surface area contributed by atoms with Gasteiger partial charge in [-0.25, -0.2) is 9.78 Å². The van der Waals surface area contributed by atoms with E-state index in [1.165, 1.54) is 11.6 Å². The Labute approximate surface area is 208 Å². The Morgan fingerprint density at radius 2 is 2.17 bits per heavy atom.